The first-order chi connectivity index (χ1) is 11.7. The molecule has 1 aliphatic heterocycles. The maximum atomic E-state index is 13.1. The summed E-state index contributed by atoms with van der Waals surface area (Å²) in [5, 5.41) is 2.12. The summed E-state index contributed by atoms with van der Waals surface area (Å²) in [6.45, 7) is -1.67. The molecule has 1 aromatic carbocycles. The van der Waals surface area contributed by atoms with Crippen molar-refractivity contribution in [1.82, 2.24) is 9.62 Å². The van der Waals surface area contributed by atoms with Crippen molar-refractivity contribution < 1.29 is 26.4 Å². The van der Waals surface area contributed by atoms with E-state index in [2.05, 4.69) is 5.32 Å². The Morgan fingerprint density at radius 1 is 1.32 bits per heavy atom. The summed E-state index contributed by atoms with van der Waals surface area (Å²) in [6, 6.07) is 4.37. The summed E-state index contributed by atoms with van der Waals surface area (Å²) >= 11 is 0. The zero-order chi connectivity index (χ0) is 18.7. The first-order valence-electron chi connectivity index (χ1n) is 7.77. The maximum Gasteiger partial charge on any atom is 0.277 e. The van der Waals surface area contributed by atoms with E-state index in [1.807, 2.05) is 0 Å². The molecule has 1 aromatic rings. The van der Waals surface area contributed by atoms with Gasteiger partial charge in [0.15, 0.2) is 0 Å². The van der Waals surface area contributed by atoms with Gasteiger partial charge in [0.1, 0.15) is 5.82 Å². The van der Waals surface area contributed by atoms with Crippen LogP contribution in [0.15, 0.2) is 29.2 Å². The van der Waals surface area contributed by atoms with Crippen molar-refractivity contribution in [3.63, 3.8) is 0 Å². The number of nitrogens with zero attached hydrogens (tertiary/aromatic N) is 1. The Balaban J connectivity index is 2.05. The van der Waals surface area contributed by atoms with Gasteiger partial charge in [-0.15, -0.1) is 0 Å². The molecule has 6 nitrogen and oxygen atoms in total. The van der Waals surface area contributed by atoms with Gasteiger partial charge in [0.25, 0.3) is 5.92 Å². The highest BCUT2D eigenvalue weighted by atomic mass is 32.2. The number of hydrogen-bond acceptors (Lipinski definition) is 4. The van der Waals surface area contributed by atoms with Gasteiger partial charge in [-0.1, -0.05) is 0 Å². The number of piperidine rings is 1. The Hall–Kier alpha value is -1.65. The van der Waals surface area contributed by atoms with Crippen LogP contribution in [0.3, 0.4) is 0 Å². The van der Waals surface area contributed by atoms with Crippen LogP contribution >= 0.6 is 0 Å². The Kier molecular flexibility index (Phi) is 6.07. The van der Waals surface area contributed by atoms with Gasteiger partial charge >= 0.3 is 0 Å². The zero-order valence-corrected chi connectivity index (χ0v) is 14.2. The molecule has 0 saturated carbocycles. The SMILES string of the molecule is NCC(F)(F)CNC(=O)C1CCCN(S(=O)(=O)c2ccc(F)cc2)C1. The summed E-state index contributed by atoms with van der Waals surface area (Å²) in [4.78, 5) is 12.0. The Morgan fingerprint density at radius 2 is 1.96 bits per heavy atom. The minimum absolute atomic E-state index is 0.0791. The fourth-order valence-corrected chi connectivity index (χ4v) is 4.09. The molecule has 140 valence electrons. The van der Waals surface area contributed by atoms with Gasteiger partial charge < -0.3 is 11.1 Å². The van der Waals surface area contributed by atoms with E-state index < -0.39 is 46.7 Å². The Morgan fingerprint density at radius 3 is 2.56 bits per heavy atom. The first kappa shape index (κ1) is 19.7. The molecule has 0 bridgehead atoms. The third kappa shape index (κ3) is 4.93. The van der Waals surface area contributed by atoms with Crippen molar-refractivity contribution in [3.05, 3.63) is 30.1 Å². The molecule has 1 heterocycles. The van der Waals surface area contributed by atoms with Crippen LogP contribution in [0.25, 0.3) is 0 Å². The van der Waals surface area contributed by atoms with E-state index in [1.54, 1.807) is 0 Å². The van der Waals surface area contributed by atoms with Gasteiger partial charge in [-0.25, -0.2) is 21.6 Å². The van der Waals surface area contributed by atoms with Crippen molar-refractivity contribution in [3.8, 4) is 0 Å². The smallest absolute Gasteiger partial charge is 0.277 e. The molecular formula is C15H20F3N3O3S. The lowest BCUT2D eigenvalue weighted by Gasteiger charge is -2.31. The molecule has 0 aromatic heterocycles. The van der Waals surface area contributed by atoms with Crippen LogP contribution in [0.5, 0.6) is 0 Å². The molecule has 1 aliphatic rings. The minimum Gasteiger partial charge on any atom is -0.350 e. The lowest BCUT2D eigenvalue weighted by atomic mass is 9.99. The highest BCUT2D eigenvalue weighted by Crippen LogP contribution is 2.24. The molecule has 10 heteroatoms. The number of sulfonamides is 1. The predicted octanol–water partition coefficient (Wildman–Crippen LogP) is 0.937. The van der Waals surface area contributed by atoms with Crippen molar-refractivity contribution in [2.75, 3.05) is 26.2 Å². The van der Waals surface area contributed by atoms with E-state index in [-0.39, 0.29) is 18.0 Å². The minimum atomic E-state index is -3.87. The molecule has 0 aliphatic carbocycles. The van der Waals surface area contributed by atoms with Crippen LogP contribution < -0.4 is 11.1 Å². The number of hydrogen-bond donors (Lipinski definition) is 2. The second-order valence-electron chi connectivity index (χ2n) is 5.93. The molecule has 1 saturated heterocycles. The average Bonchev–Trinajstić information content (AvgIpc) is 2.60. The molecule has 0 radical (unpaired) electrons. The molecule has 1 unspecified atom stereocenters. The lowest BCUT2D eigenvalue weighted by Crippen LogP contribution is -2.48. The predicted molar refractivity (Wildman–Crippen MR) is 84.9 cm³/mol. The van der Waals surface area contributed by atoms with E-state index >= 15 is 0 Å². The number of rotatable bonds is 6. The number of benzene rings is 1. The largest absolute Gasteiger partial charge is 0.350 e. The van der Waals surface area contributed by atoms with Gasteiger partial charge in [-0.3, -0.25) is 4.79 Å². The molecule has 0 spiro atoms. The van der Waals surface area contributed by atoms with Gasteiger partial charge in [0.05, 0.1) is 23.9 Å². The number of amides is 1. The van der Waals surface area contributed by atoms with Crippen LogP contribution in [-0.4, -0.2) is 50.7 Å². The summed E-state index contributed by atoms with van der Waals surface area (Å²) < 4.78 is 65.5. The average molecular weight is 379 g/mol. The summed E-state index contributed by atoms with van der Waals surface area (Å²) in [7, 11) is -3.87. The second kappa shape index (κ2) is 7.71. The van der Waals surface area contributed by atoms with E-state index in [0.29, 0.717) is 12.8 Å². The van der Waals surface area contributed by atoms with E-state index in [4.69, 9.17) is 5.73 Å². The van der Waals surface area contributed by atoms with Crippen LogP contribution in [0, 0.1) is 11.7 Å². The van der Waals surface area contributed by atoms with Crippen molar-refractivity contribution in [2.24, 2.45) is 11.7 Å². The Bertz CT molecular complexity index is 710. The first-order valence-corrected chi connectivity index (χ1v) is 9.21. The Labute approximate surface area is 144 Å². The molecule has 25 heavy (non-hydrogen) atoms. The van der Waals surface area contributed by atoms with Gasteiger partial charge in [0.2, 0.25) is 15.9 Å². The highest BCUT2D eigenvalue weighted by molar-refractivity contribution is 7.89. The quantitative estimate of drug-likeness (QED) is 0.769. The number of halogens is 3. The summed E-state index contributed by atoms with van der Waals surface area (Å²) in [5.74, 6) is -5.12. The van der Waals surface area contributed by atoms with Crippen molar-refractivity contribution in [2.45, 2.75) is 23.7 Å². The van der Waals surface area contributed by atoms with Crippen LogP contribution in [0.1, 0.15) is 12.8 Å². The molecule has 2 rings (SSSR count). The highest BCUT2D eigenvalue weighted by Gasteiger charge is 2.35. The topological polar surface area (TPSA) is 92.5 Å². The molecule has 1 atom stereocenters. The maximum absolute atomic E-state index is 13.1. The number of nitrogens with two attached hydrogens (primary N) is 1. The standard InChI is InChI=1S/C15H20F3N3O3S/c16-12-3-5-13(6-4-12)25(23,24)21-7-1-2-11(8-21)14(22)20-10-15(17,18)9-19/h3-6,11H,1-2,7-10,19H2,(H,20,22). The summed E-state index contributed by atoms with van der Waals surface area (Å²) in [5.41, 5.74) is 4.91. The van der Waals surface area contributed by atoms with Crippen LogP contribution in [0.2, 0.25) is 0 Å². The molecule has 1 amide bonds. The van der Waals surface area contributed by atoms with Crippen LogP contribution in [0.4, 0.5) is 13.2 Å². The third-order valence-electron chi connectivity index (χ3n) is 4.03. The van der Waals surface area contributed by atoms with Gasteiger partial charge in [0, 0.05) is 13.1 Å². The van der Waals surface area contributed by atoms with E-state index in [1.165, 1.54) is 0 Å². The number of carbonyl (C=O) groups is 1. The van der Waals surface area contributed by atoms with Crippen molar-refractivity contribution in [1.29, 1.82) is 0 Å². The van der Waals surface area contributed by atoms with E-state index in [9.17, 15) is 26.4 Å². The van der Waals surface area contributed by atoms with Gasteiger partial charge in [-0.2, -0.15) is 4.31 Å². The monoisotopic (exact) mass is 379 g/mol. The van der Waals surface area contributed by atoms with Gasteiger partial charge in [-0.05, 0) is 37.1 Å². The fraction of sp³-hybridized carbons (Fsp3) is 0.533. The van der Waals surface area contributed by atoms with Crippen LogP contribution in [-0.2, 0) is 14.8 Å². The summed E-state index contributed by atoms with van der Waals surface area (Å²) in [6.07, 6.45) is 0.821. The number of alkyl halides is 2. The zero-order valence-electron chi connectivity index (χ0n) is 13.4. The van der Waals surface area contributed by atoms with E-state index in [0.717, 1.165) is 28.6 Å². The molecule has 3 N–H and O–H groups in total. The fourth-order valence-electron chi connectivity index (χ4n) is 2.56. The molecular weight excluding hydrogens is 359 g/mol. The second-order valence-corrected chi connectivity index (χ2v) is 7.87. The van der Waals surface area contributed by atoms with Crippen molar-refractivity contribution >= 4 is 15.9 Å². The number of carbonyl (C=O) groups excluding carboxylic acids is 1. The molecule has 1 fully saturated rings. The number of nitrogens with one attached hydrogen (secondary N) is 1. The normalized spacial score (nSPS) is 19.6. The lowest BCUT2D eigenvalue weighted by molar-refractivity contribution is -0.127. The third-order valence-corrected chi connectivity index (χ3v) is 5.91.